The van der Waals surface area contributed by atoms with Crippen LogP contribution < -0.4 is 10.6 Å². The molecule has 0 spiro atoms. The molecule has 0 radical (unpaired) electrons. The van der Waals surface area contributed by atoms with E-state index in [1.807, 2.05) is 6.92 Å². The fourth-order valence-electron chi connectivity index (χ4n) is 1.64. The molecular weight excluding hydrogens is 309 g/mol. The van der Waals surface area contributed by atoms with Gasteiger partial charge in [-0.15, -0.1) is 0 Å². The average molecular weight is 322 g/mol. The van der Waals surface area contributed by atoms with Gasteiger partial charge in [0, 0.05) is 18.4 Å². The number of hydrogen-bond donors (Lipinski definition) is 2. The highest BCUT2D eigenvalue weighted by Crippen LogP contribution is 2.22. The Balaban J connectivity index is 1.93. The summed E-state index contributed by atoms with van der Waals surface area (Å²) in [5, 5.41) is 4.85. The molecule has 1 aromatic carbocycles. The summed E-state index contributed by atoms with van der Waals surface area (Å²) in [4.78, 5) is 27.5. The van der Waals surface area contributed by atoms with Gasteiger partial charge in [0.2, 0.25) is 0 Å². The van der Waals surface area contributed by atoms with Crippen molar-refractivity contribution in [3.8, 4) is 0 Å². The Labute approximate surface area is 131 Å². The summed E-state index contributed by atoms with van der Waals surface area (Å²) in [6, 6.07) is 7.08. The monoisotopic (exact) mass is 321 g/mol. The molecule has 0 saturated carbocycles. The first-order valence-corrected chi connectivity index (χ1v) is 6.79. The van der Waals surface area contributed by atoms with Crippen LogP contribution in [0.2, 0.25) is 5.02 Å². The van der Waals surface area contributed by atoms with Gasteiger partial charge in [0.15, 0.2) is 0 Å². The number of aromatic nitrogens is 1. The Morgan fingerprint density at radius 3 is 2.68 bits per heavy atom. The van der Waals surface area contributed by atoms with Gasteiger partial charge in [0.1, 0.15) is 5.82 Å². The van der Waals surface area contributed by atoms with E-state index in [0.717, 1.165) is 23.4 Å². The molecule has 0 aliphatic heterocycles. The lowest BCUT2D eigenvalue weighted by atomic mass is 10.2. The van der Waals surface area contributed by atoms with E-state index in [1.54, 1.807) is 18.3 Å². The SMILES string of the molecule is Cc1ccc(CNC(=O)C(=O)Nc2cc(F)ccc2Cl)cn1. The summed E-state index contributed by atoms with van der Waals surface area (Å²) in [6.45, 7) is 2.01. The molecule has 2 amide bonds. The lowest BCUT2D eigenvalue weighted by molar-refractivity contribution is -0.136. The summed E-state index contributed by atoms with van der Waals surface area (Å²) in [7, 11) is 0. The standard InChI is InChI=1S/C15H13ClFN3O2/c1-9-2-3-10(7-18-9)8-19-14(21)15(22)20-13-6-11(17)4-5-12(13)16/h2-7H,8H2,1H3,(H,19,21)(H,20,22). The van der Waals surface area contributed by atoms with Crippen molar-refractivity contribution in [3.63, 3.8) is 0 Å². The Kier molecular flexibility index (Phi) is 5.06. The molecule has 7 heteroatoms. The largest absolute Gasteiger partial charge is 0.344 e. The van der Waals surface area contributed by atoms with Crippen molar-refractivity contribution < 1.29 is 14.0 Å². The second-order valence-corrected chi connectivity index (χ2v) is 4.98. The Morgan fingerprint density at radius 2 is 2.00 bits per heavy atom. The number of nitrogens with one attached hydrogen (secondary N) is 2. The molecule has 5 nitrogen and oxygen atoms in total. The third-order valence-electron chi connectivity index (χ3n) is 2.81. The van der Waals surface area contributed by atoms with Gasteiger partial charge in [-0.3, -0.25) is 14.6 Å². The normalized spacial score (nSPS) is 10.1. The van der Waals surface area contributed by atoms with Crippen LogP contribution in [0.3, 0.4) is 0 Å². The van der Waals surface area contributed by atoms with Crippen molar-refractivity contribution in [3.05, 3.63) is 58.6 Å². The van der Waals surface area contributed by atoms with Crippen molar-refractivity contribution >= 4 is 29.1 Å². The summed E-state index contributed by atoms with van der Waals surface area (Å²) in [5.74, 6) is -2.33. The summed E-state index contributed by atoms with van der Waals surface area (Å²) >= 11 is 5.81. The van der Waals surface area contributed by atoms with Crippen molar-refractivity contribution in [1.82, 2.24) is 10.3 Å². The first-order valence-electron chi connectivity index (χ1n) is 6.41. The molecule has 0 aliphatic carbocycles. The zero-order valence-corrected chi connectivity index (χ0v) is 12.4. The quantitative estimate of drug-likeness (QED) is 0.853. The van der Waals surface area contributed by atoms with Gasteiger partial charge >= 0.3 is 11.8 Å². The number of pyridine rings is 1. The highest BCUT2D eigenvalue weighted by atomic mass is 35.5. The van der Waals surface area contributed by atoms with E-state index in [4.69, 9.17) is 11.6 Å². The maximum absolute atomic E-state index is 13.1. The number of amides is 2. The predicted octanol–water partition coefficient (Wildman–Crippen LogP) is 2.44. The number of benzene rings is 1. The number of carbonyl (C=O) groups is 2. The first-order chi connectivity index (χ1) is 10.5. The molecule has 0 unspecified atom stereocenters. The number of halogens is 2. The van der Waals surface area contributed by atoms with Gasteiger partial charge in [0.25, 0.3) is 0 Å². The minimum absolute atomic E-state index is 0.0406. The molecule has 0 bridgehead atoms. The van der Waals surface area contributed by atoms with E-state index < -0.39 is 17.6 Å². The van der Waals surface area contributed by atoms with Crippen LogP contribution in [0.25, 0.3) is 0 Å². The van der Waals surface area contributed by atoms with E-state index >= 15 is 0 Å². The lowest BCUT2D eigenvalue weighted by Gasteiger charge is -2.08. The predicted molar refractivity (Wildman–Crippen MR) is 80.9 cm³/mol. The molecule has 1 aromatic heterocycles. The van der Waals surface area contributed by atoms with Crippen molar-refractivity contribution in [2.45, 2.75) is 13.5 Å². The summed E-state index contributed by atoms with van der Waals surface area (Å²) in [5.41, 5.74) is 1.66. The van der Waals surface area contributed by atoms with Crippen molar-refractivity contribution in [2.75, 3.05) is 5.32 Å². The molecule has 0 aliphatic rings. The van der Waals surface area contributed by atoms with E-state index in [-0.39, 0.29) is 17.3 Å². The van der Waals surface area contributed by atoms with Crippen LogP contribution >= 0.6 is 11.6 Å². The number of aryl methyl sites for hydroxylation is 1. The van der Waals surface area contributed by atoms with Crippen LogP contribution in [0.15, 0.2) is 36.5 Å². The fraction of sp³-hybridized carbons (Fsp3) is 0.133. The van der Waals surface area contributed by atoms with Gasteiger partial charge in [-0.25, -0.2) is 4.39 Å². The van der Waals surface area contributed by atoms with E-state index in [1.165, 1.54) is 6.07 Å². The zero-order chi connectivity index (χ0) is 16.1. The highest BCUT2D eigenvalue weighted by Gasteiger charge is 2.15. The molecule has 2 aromatic rings. The van der Waals surface area contributed by atoms with Gasteiger partial charge in [-0.1, -0.05) is 17.7 Å². The minimum Gasteiger partial charge on any atom is -0.344 e. The van der Waals surface area contributed by atoms with Crippen LogP contribution in [0.4, 0.5) is 10.1 Å². The number of rotatable bonds is 3. The lowest BCUT2D eigenvalue weighted by Crippen LogP contribution is -2.35. The Hall–Kier alpha value is -2.47. The molecule has 22 heavy (non-hydrogen) atoms. The molecule has 0 saturated heterocycles. The number of carbonyl (C=O) groups excluding carboxylic acids is 2. The second kappa shape index (κ2) is 7.00. The summed E-state index contributed by atoms with van der Waals surface area (Å²) < 4.78 is 13.1. The van der Waals surface area contributed by atoms with Crippen LogP contribution in [0, 0.1) is 12.7 Å². The zero-order valence-electron chi connectivity index (χ0n) is 11.7. The van der Waals surface area contributed by atoms with Gasteiger partial charge in [-0.2, -0.15) is 0 Å². The average Bonchev–Trinajstić information content (AvgIpc) is 2.50. The topological polar surface area (TPSA) is 71.1 Å². The number of nitrogens with zero attached hydrogens (tertiary/aromatic N) is 1. The Bertz CT molecular complexity index is 704. The fourth-order valence-corrected chi connectivity index (χ4v) is 1.80. The molecule has 2 rings (SSSR count). The maximum Gasteiger partial charge on any atom is 0.313 e. The third kappa shape index (κ3) is 4.26. The second-order valence-electron chi connectivity index (χ2n) is 4.57. The van der Waals surface area contributed by atoms with Crippen LogP contribution in [0.1, 0.15) is 11.3 Å². The number of hydrogen-bond acceptors (Lipinski definition) is 3. The molecule has 114 valence electrons. The number of anilines is 1. The highest BCUT2D eigenvalue weighted by molar-refractivity contribution is 6.41. The maximum atomic E-state index is 13.1. The van der Waals surface area contributed by atoms with E-state index in [9.17, 15) is 14.0 Å². The Morgan fingerprint density at radius 1 is 1.23 bits per heavy atom. The molecule has 0 atom stereocenters. The molecular formula is C15H13ClFN3O2. The van der Waals surface area contributed by atoms with Crippen LogP contribution in [-0.2, 0) is 16.1 Å². The van der Waals surface area contributed by atoms with Gasteiger partial charge in [-0.05, 0) is 36.8 Å². The van der Waals surface area contributed by atoms with Crippen LogP contribution in [0.5, 0.6) is 0 Å². The first kappa shape index (κ1) is 15.9. The minimum atomic E-state index is -0.924. The smallest absolute Gasteiger partial charge is 0.313 e. The van der Waals surface area contributed by atoms with Crippen molar-refractivity contribution in [1.29, 1.82) is 0 Å². The molecule has 1 heterocycles. The molecule has 0 fully saturated rings. The van der Waals surface area contributed by atoms with Crippen LogP contribution in [-0.4, -0.2) is 16.8 Å². The van der Waals surface area contributed by atoms with Gasteiger partial charge < -0.3 is 10.6 Å². The van der Waals surface area contributed by atoms with Crippen molar-refractivity contribution in [2.24, 2.45) is 0 Å². The molecule has 2 N–H and O–H groups in total. The summed E-state index contributed by atoms with van der Waals surface area (Å²) in [6.07, 6.45) is 1.61. The third-order valence-corrected chi connectivity index (χ3v) is 3.14. The van der Waals surface area contributed by atoms with E-state index in [0.29, 0.717) is 0 Å². The van der Waals surface area contributed by atoms with Gasteiger partial charge in [0.05, 0.1) is 10.7 Å². The van der Waals surface area contributed by atoms with E-state index in [2.05, 4.69) is 15.6 Å².